The molecule has 2 aromatic carbocycles. The van der Waals surface area contributed by atoms with Crippen LogP contribution in [0.5, 0.6) is 5.75 Å². The first-order chi connectivity index (χ1) is 17.6. The fraction of sp³-hybridized carbons (Fsp3) is 0.345. The number of carbonyl (C=O) groups is 2. The quantitative estimate of drug-likeness (QED) is 0.381. The number of aryl methyl sites for hydroxylation is 1. The van der Waals surface area contributed by atoms with Gasteiger partial charge in [0.25, 0.3) is 0 Å². The summed E-state index contributed by atoms with van der Waals surface area (Å²) in [4.78, 5) is 29.6. The number of pyridine rings is 1. The van der Waals surface area contributed by atoms with Crippen LogP contribution in [-0.4, -0.2) is 58.0 Å². The summed E-state index contributed by atoms with van der Waals surface area (Å²) in [5, 5.41) is 19.9. The third kappa shape index (κ3) is 8.05. The third-order valence-corrected chi connectivity index (χ3v) is 5.72. The molecule has 8 heteroatoms. The second-order valence-corrected chi connectivity index (χ2v) is 9.75. The van der Waals surface area contributed by atoms with Crippen LogP contribution in [0, 0.1) is 0 Å². The molecule has 2 N–H and O–H groups in total. The largest absolute Gasteiger partial charge is 0.496 e. The van der Waals surface area contributed by atoms with Crippen LogP contribution >= 0.6 is 0 Å². The van der Waals surface area contributed by atoms with Gasteiger partial charge in [-0.2, -0.15) is 0 Å². The van der Waals surface area contributed by atoms with Crippen LogP contribution in [0.15, 0.2) is 67.0 Å². The summed E-state index contributed by atoms with van der Waals surface area (Å²) in [6.07, 6.45) is 3.27. The molecular weight excluding hydrogens is 472 g/mol. The van der Waals surface area contributed by atoms with E-state index in [2.05, 4.69) is 4.98 Å². The highest BCUT2D eigenvalue weighted by Gasteiger charge is 2.24. The van der Waals surface area contributed by atoms with Gasteiger partial charge in [0.2, 0.25) is 0 Å². The van der Waals surface area contributed by atoms with Crippen molar-refractivity contribution in [1.82, 2.24) is 9.88 Å². The van der Waals surface area contributed by atoms with Crippen LogP contribution in [-0.2, 0) is 11.2 Å². The number of ether oxygens (including phenoxy) is 2. The maximum absolute atomic E-state index is 12.8. The maximum atomic E-state index is 12.8. The molecule has 0 saturated carbocycles. The van der Waals surface area contributed by atoms with Gasteiger partial charge in [-0.3, -0.25) is 4.98 Å². The summed E-state index contributed by atoms with van der Waals surface area (Å²) in [5.74, 6) is -0.513. The Hall–Kier alpha value is -3.91. The van der Waals surface area contributed by atoms with Crippen LogP contribution in [0.4, 0.5) is 4.79 Å². The lowest BCUT2D eigenvalue weighted by atomic mass is 10.00. The van der Waals surface area contributed by atoms with Crippen LogP contribution in [0.1, 0.15) is 54.8 Å². The normalized spacial score (nSPS) is 12.0. The van der Waals surface area contributed by atoms with Gasteiger partial charge in [-0.25, -0.2) is 9.59 Å². The number of aromatic carboxylic acids is 1. The fourth-order valence-electron chi connectivity index (χ4n) is 3.86. The number of nitrogens with zero attached hydrogens (tertiary/aromatic N) is 2. The lowest BCUT2D eigenvalue weighted by Crippen LogP contribution is -2.40. The molecule has 0 aliphatic carbocycles. The predicted octanol–water partition coefficient (Wildman–Crippen LogP) is 5.36. The number of aliphatic hydroxyl groups excluding tert-OH is 1. The molecule has 0 bridgehead atoms. The number of methoxy groups -OCH3 is 1. The standard InChI is InChI=1S/C29H34N2O6/c1-29(2,3)37-28(35)31(19-25(32)23-8-5-15-30-18-23)16-6-7-20-9-11-21(12-10-20)24-14-13-22(27(33)34)17-26(24)36-4/h5,8-15,17-18,25,32H,6-7,16,19H2,1-4H3,(H,33,34)/t25-/m0/s1. The van der Waals surface area contributed by atoms with Gasteiger partial charge in [-0.15, -0.1) is 0 Å². The van der Waals surface area contributed by atoms with Gasteiger partial charge in [0.1, 0.15) is 11.4 Å². The molecule has 196 valence electrons. The molecule has 0 aliphatic rings. The lowest BCUT2D eigenvalue weighted by Gasteiger charge is -2.29. The van der Waals surface area contributed by atoms with Crippen LogP contribution in [0.25, 0.3) is 11.1 Å². The van der Waals surface area contributed by atoms with E-state index < -0.39 is 23.8 Å². The first-order valence-corrected chi connectivity index (χ1v) is 12.1. The molecule has 1 amide bonds. The number of carboxylic acids is 1. The highest BCUT2D eigenvalue weighted by atomic mass is 16.6. The van der Waals surface area contributed by atoms with Crippen molar-refractivity contribution < 1.29 is 29.3 Å². The first kappa shape index (κ1) is 27.7. The highest BCUT2D eigenvalue weighted by molar-refractivity contribution is 5.89. The van der Waals surface area contributed by atoms with E-state index in [0.29, 0.717) is 24.3 Å². The zero-order valence-electron chi connectivity index (χ0n) is 21.7. The molecular formula is C29H34N2O6. The van der Waals surface area contributed by atoms with E-state index in [1.165, 1.54) is 18.1 Å². The number of rotatable bonds is 10. The first-order valence-electron chi connectivity index (χ1n) is 12.1. The van der Waals surface area contributed by atoms with E-state index in [-0.39, 0.29) is 12.1 Å². The van der Waals surface area contributed by atoms with Gasteiger partial charge in [0, 0.05) is 30.1 Å². The zero-order chi connectivity index (χ0) is 27.0. The summed E-state index contributed by atoms with van der Waals surface area (Å²) < 4.78 is 11.0. The summed E-state index contributed by atoms with van der Waals surface area (Å²) >= 11 is 0. The lowest BCUT2D eigenvalue weighted by molar-refractivity contribution is 0.0141. The van der Waals surface area contributed by atoms with Gasteiger partial charge in [0.05, 0.1) is 25.3 Å². The smallest absolute Gasteiger partial charge is 0.410 e. The number of carboxylic acid groups (broad SMARTS) is 1. The van der Waals surface area contributed by atoms with Gasteiger partial charge in [-0.05, 0) is 69.0 Å². The molecule has 37 heavy (non-hydrogen) atoms. The van der Waals surface area contributed by atoms with Crippen LogP contribution < -0.4 is 4.74 Å². The molecule has 0 radical (unpaired) electrons. The highest BCUT2D eigenvalue weighted by Crippen LogP contribution is 2.31. The molecule has 1 atom stereocenters. The summed E-state index contributed by atoms with van der Waals surface area (Å²) in [6.45, 7) is 5.95. The molecule has 1 heterocycles. The topological polar surface area (TPSA) is 109 Å². The minimum atomic E-state index is -1.01. The Morgan fingerprint density at radius 2 is 1.81 bits per heavy atom. The van der Waals surface area contributed by atoms with Crippen LogP contribution in [0.2, 0.25) is 0 Å². The summed E-state index contributed by atoms with van der Waals surface area (Å²) in [7, 11) is 1.51. The third-order valence-electron chi connectivity index (χ3n) is 5.72. The Morgan fingerprint density at radius 3 is 2.41 bits per heavy atom. The van der Waals surface area contributed by atoms with E-state index >= 15 is 0 Å². The molecule has 0 unspecified atom stereocenters. The molecule has 0 saturated heterocycles. The monoisotopic (exact) mass is 506 g/mol. The van der Waals surface area contributed by atoms with E-state index in [0.717, 1.165) is 23.1 Å². The van der Waals surface area contributed by atoms with E-state index in [1.54, 1.807) is 36.7 Å². The van der Waals surface area contributed by atoms with E-state index in [4.69, 9.17) is 9.47 Å². The number of hydrogen-bond donors (Lipinski definition) is 2. The van der Waals surface area contributed by atoms with E-state index in [9.17, 15) is 19.8 Å². The van der Waals surface area contributed by atoms with E-state index in [1.807, 2.05) is 45.0 Å². The number of aliphatic hydroxyl groups is 1. The number of amides is 1. The molecule has 3 aromatic rings. The molecule has 1 aromatic heterocycles. The minimum Gasteiger partial charge on any atom is -0.496 e. The summed E-state index contributed by atoms with van der Waals surface area (Å²) in [6, 6.07) is 16.3. The average Bonchev–Trinajstić information content (AvgIpc) is 2.87. The van der Waals surface area contributed by atoms with Gasteiger partial charge >= 0.3 is 12.1 Å². The van der Waals surface area contributed by atoms with Gasteiger partial charge in [0.15, 0.2) is 0 Å². The molecule has 0 spiro atoms. The number of benzene rings is 2. The Morgan fingerprint density at radius 1 is 1.08 bits per heavy atom. The van der Waals surface area contributed by atoms with Crippen molar-refractivity contribution in [1.29, 1.82) is 0 Å². The minimum absolute atomic E-state index is 0.103. The Balaban J connectivity index is 1.66. The molecule has 0 fully saturated rings. The van der Waals surface area contributed by atoms with Crippen molar-refractivity contribution in [2.75, 3.05) is 20.2 Å². The van der Waals surface area contributed by atoms with Crippen molar-refractivity contribution in [2.45, 2.75) is 45.3 Å². The average molecular weight is 507 g/mol. The van der Waals surface area contributed by atoms with Crippen molar-refractivity contribution in [2.24, 2.45) is 0 Å². The predicted molar refractivity (Wildman–Crippen MR) is 141 cm³/mol. The van der Waals surface area contributed by atoms with Crippen LogP contribution in [0.3, 0.4) is 0 Å². The fourth-order valence-corrected chi connectivity index (χ4v) is 3.86. The molecule has 8 nitrogen and oxygen atoms in total. The molecule has 3 rings (SSSR count). The summed E-state index contributed by atoms with van der Waals surface area (Å²) in [5.41, 5.74) is 2.96. The van der Waals surface area contributed by atoms with Crippen molar-refractivity contribution in [3.63, 3.8) is 0 Å². The maximum Gasteiger partial charge on any atom is 0.410 e. The number of carbonyl (C=O) groups excluding carboxylic acids is 1. The van der Waals surface area contributed by atoms with Gasteiger partial charge in [-0.1, -0.05) is 30.3 Å². The zero-order valence-corrected chi connectivity index (χ0v) is 21.7. The Kier molecular flexibility index (Phi) is 9.25. The Labute approximate surface area is 217 Å². The SMILES string of the molecule is COc1cc(C(=O)O)ccc1-c1ccc(CCCN(C[C@H](O)c2cccnc2)C(=O)OC(C)(C)C)cc1. The van der Waals surface area contributed by atoms with Crippen molar-refractivity contribution in [3.05, 3.63) is 83.7 Å². The second kappa shape index (κ2) is 12.4. The Bertz CT molecular complexity index is 1190. The van der Waals surface area contributed by atoms with Gasteiger partial charge < -0.3 is 24.6 Å². The molecule has 0 aliphatic heterocycles. The number of aromatic nitrogens is 1. The van der Waals surface area contributed by atoms with Crippen molar-refractivity contribution >= 4 is 12.1 Å². The van der Waals surface area contributed by atoms with Crippen molar-refractivity contribution in [3.8, 4) is 16.9 Å². The number of hydrogen-bond acceptors (Lipinski definition) is 6. The second-order valence-electron chi connectivity index (χ2n) is 9.75.